The molecule has 0 aliphatic carbocycles. The fraction of sp³-hybridized carbons (Fsp3) is 0.312. The zero-order chi connectivity index (χ0) is 16.5. The van der Waals surface area contributed by atoms with Crippen molar-refractivity contribution >= 4 is 49.0 Å². The van der Waals surface area contributed by atoms with Gasteiger partial charge in [0.05, 0.1) is 0 Å². The minimum absolute atomic E-state index is 0.215. The molecule has 4 rings (SSSR count). The monoisotopic (exact) mass is 405 g/mol. The molecule has 1 fully saturated rings. The van der Waals surface area contributed by atoms with Crippen molar-refractivity contribution in [2.45, 2.75) is 6.42 Å². The van der Waals surface area contributed by atoms with Crippen molar-refractivity contribution in [2.24, 2.45) is 0 Å². The second kappa shape index (κ2) is 6.74. The van der Waals surface area contributed by atoms with Crippen molar-refractivity contribution in [1.82, 2.24) is 20.3 Å². The summed E-state index contributed by atoms with van der Waals surface area (Å²) in [7, 11) is 0. The predicted molar refractivity (Wildman–Crippen MR) is 97.7 cm³/mol. The van der Waals surface area contributed by atoms with Gasteiger partial charge in [-0.25, -0.2) is 0 Å². The van der Waals surface area contributed by atoms with E-state index in [1.54, 1.807) is 23.5 Å². The Morgan fingerprint density at radius 2 is 1.88 bits per heavy atom. The molecule has 1 N–H and O–H groups in total. The van der Waals surface area contributed by atoms with Crippen LogP contribution < -0.4 is 14.8 Å². The van der Waals surface area contributed by atoms with Gasteiger partial charge in [0.1, 0.15) is 0 Å². The zero-order valence-corrected chi connectivity index (χ0v) is 16.2. The molecule has 0 amide bonds. The molecule has 24 heavy (non-hydrogen) atoms. The fourth-order valence-electron chi connectivity index (χ4n) is 2.82. The first-order chi connectivity index (χ1) is 11.7. The predicted octanol–water partition coefficient (Wildman–Crippen LogP) is 0.484. The minimum atomic E-state index is -0.215. The number of nitrogens with one attached hydrogen (secondary N) is 1. The molecule has 1 aliphatic heterocycles. The number of hydrogen-bond donors (Lipinski definition) is 1. The van der Waals surface area contributed by atoms with E-state index in [-0.39, 0.29) is 5.82 Å². The average Bonchev–Trinajstić information content (AvgIpc) is 2.99. The third kappa shape index (κ3) is 3.29. The van der Waals surface area contributed by atoms with Gasteiger partial charge < -0.3 is 0 Å². The summed E-state index contributed by atoms with van der Waals surface area (Å²) in [5.74, 6) is 0.732. The molecule has 0 spiro atoms. The van der Waals surface area contributed by atoms with Crippen LogP contribution in [0.15, 0.2) is 24.3 Å². The van der Waals surface area contributed by atoms with Gasteiger partial charge in [-0.05, 0) is 0 Å². The van der Waals surface area contributed by atoms with Crippen LogP contribution in [0.3, 0.4) is 0 Å². The van der Waals surface area contributed by atoms with E-state index in [1.165, 1.54) is 29.0 Å². The summed E-state index contributed by atoms with van der Waals surface area (Å²) in [6.07, 6.45) is 0.687. The van der Waals surface area contributed by atoms with E-state index in [1.807, 2.05) is 0 Å². The van der Waals surface area contributed by atoms with E-state index < -0.39 is 0 Å². The molecule has 1 aliphatic rings. The Labute approximate surface area is 151 Å². The first-order valence-corrected chi connectivity index (χ1v) is 9.85. The van der Waals surface area contributed by atoms with E-state index in [0.29, 0.717) is 6.42 Å². The molecule has 1 unspecified atom stereocenters. The fourth-order valence-corrected chi connectivity index (χ4v) is 4.51. The van der Waals surface area contributed by atoms with Crippen LogP contribution in [-0.4, -0.2) is 58.0 Å². The van der Waals surface area contributed by atoms with Crippen LogP contribution in [0.2, 0.25) is 0 Å². The van der Waals surface area contributed by atoms with Crippen molar-refractivity contribution in [3.63, 3.8) is 0 Å². The molecule has 1 saturated heterocycles. The molecule has 1 aromatic carbocycles. The maximum atomic E-state index is 13.1. The van der Waals surface area contributed by atoms with E-state index in [0.717, 1.165) is 57.5 Å². The average molecular weight is 405 g/mol. The van der Waals surface area contributed by atoms with Crippen LogP contribution in [0.5, 0.6) is 0 Å². The zero-order valence-electron chi connectivity index (χ0n) is 13.0. The summed E-state index contributed by atoms with van der Waals surface area (Å²) in [4.78, 5) is 17.3. The van der Waals surface area contributed by atoms with Gasteiger partial charge >= 0.3 is 152 Å². The number of rotatable bonds is 3. The van der Waals surface area contributed by atoms with Gasteiger partial charge in [0.2, 0.25) is 0 Å². The second-order valence-electron chi connectivity index (χ2n) is 5.71. The summed E-state index contributed by atoms with van der Waals surface area (Å²) in [5.41, 5.74) is 1.94. The number of halogens is 1. The Hall–Kier alpha value is -1.56. The van der Waals surface area contributed by atoms with Crippen LogP contribution >= 0.6 is 11.3 Å². The normalized spacial score (nSPS) is 15.2. The number of fused-ring (bicyclic) bond motifs is 1. The van der Waals surface area contributed by atoms with Crippen molar-refractivity contribution in [2.75, 3.05) is 31.1 Å². The molecule has 8 heteroatoms. The Morgan fingerprint density at radius 3 is 2.62 bits per heavy atom. The van der Waals surface area contributed by atoms with Gasteiger partial charge in [0.25, 0.3) is 0 Å². The van der Waals surface area contributed by atoms with Crippen LogP contribution in [0, 0.1) is 5.82 Å². The number of hydrogen-bond acceptors (Lipinski definition) is 6. The van der Waals surface area contributed by atoms with Gasteiger partial charge in [0, 0.05) is 0 Å². The van der Waals surface area contributed by atoms with Gasteiger partial charge in [0.15, 0.2) is 0 Å². The van der Waals surface area contributed by atoms with Gasteiger partial charge in [-0.1, -0.05) is 0 Å². The molecule has 0 radical (unpaired) electrons. The summed E-state index contributed by atoms with van der Waals surface area (Å²) in [5, 5.41) is 4.35. The third-order valence-corrected chi connectivity index (χ3v) is 5.48. The van der Waals surface area contributed by atoms with Crippen molar-refractivity contribution < 1.29 is 4.39 Å². The van der Waals surface area contributed by atoms with Crippen LogP contribution in [0.4, 0.5) is 10.2 Å². The second-order valence-corrected chi connectivity index (χ2v) is 7.85. The SMILES string of the molecule is Fc1ccc(Cc2nc3c(N4CCNCC4)nc([AsH2])nc3s2)cc1. The molecular formula is C16H17AsFN5S. The topological polar surface area (TPSA) is 53.9 Å². The number of piperazine rings is 1. The first kappa shape index (κ1) is 15.9. The molecule has 5 nitrogen and oxygen atoms in total. The summed E-state index contributed by atoms with van der Waals surface area (Å²) in [6.45, 7) is 3.79. The van der Waals surface area contributed by atoms with E-state index in [9.17, 15) is 4.39 Å². The molecule has 3 heterocycles. The van der Waals surface area contributed by atoms with Crippen molar-refractivity contribution in [1.29, 1.82) is 0 Å². The maximum absolute atomic E-state index is 13.1. The van der Waals surface area contributed by atoms with Gasteiger partial charge in [-0.15, -0.1) is 0 Å². The first-order valence-electron chi connectivity index (χ1n) is 7.82. The quantitative estimate of drug-likeness (QED) is 0.643. The molecular weight excluding hydrogens is 388 g/mol. The Bertz CT molecular complexity index is 861. The molecule has 2 aromatic heterocycles. The molecule has 1 atom stereocenters. The third-order valence-electron chi connectivity index (χ3n) is 3.99. The van der Waals surface area contributed by atoms with Crippen molar-refractivity contribution in [3.05, 3.63) is 40.7 Å². The van der Waals surface area contributed by atoms with Crippen LogP contribution in [-0.2, 0) is 6.42 Å². The van der Waals surface area contributed by atoms with Crippen LogP contribution in [0.25, 0.3) is 10.3 Å². The summed E-state index contributed by atoms with van der Waals surface area (Å²) < 4.78 is 13.9. The van der Waals surface area contributed by atoms with Crippen LogP contribution in [0.1, 0.15) is 10.6 Å². The number of nitrogens with zero attached hydrogens (tertiary/aromatic N) is 4. The number of thiazole rings is 1. The summed E-state index contributed by atoms with van der Waals surface area (Å²) in [6, 6.07) is 6.58. The van der Waals surface area contributed by atoms with E-state index in [4.69, 9.17) is 4.98 Å². The van der Waals surface area contributed by atoms with Gasteiger partial charge in [-0.3, -0.25) is 0 Å². The number of aromatic nitrogens is 3. The number of anilines is 1. The Morgan fingerprint density at radius 1 is 1.12 bits per heavy atom. The van der Waals surface area contributed by atoms with Gasteiger partial charge in [-0.2, -0.15) is 0 Å². The Kier molecular flexibility index (Phi) is 4.48. The van der Waals surface area contributed by atoms with E-state index >= 15 is 0 Å². The Balaban J connectivity index is 1.70. The van der Waals surface area contributed by atoms with Crippen molar-refractivity contribution in [3.8, 4) is 0 Å². The molecule has 124 valence electrons. The molecule has 0 bridgehead atoms. The summed E-state index contributed by atoms with van der Waals surface area (Å²) >= 11 is 3.03. The number of benzene rings is 1. The molecule has 3 aromatic rings. The molecule has 0 saturated carbocycles. The standard InChI is InChI=1S/C16H17AsFN5S/c17-16-21-14(23-7-5-19-6-8-23)13-15(22-16)24-12(20-13)9-10-1-3-11(18)4-2-10/h1-4,19H,5-9,17H2. The van der Waals surface area contributed by atoms with E-state index in [2.05, 4.69) is 20.2 Å².